The molecule has 39 heavy (non-hydrogen) atoms. The fourth-order valence-electron chi connectivity index (χ4n) is 5.21. The highest BCUT2D eigenvalue weighted by atomic mass is 19.4. The van der Waals surface area contributed by atoms with Gasteiger partial charge in [0.25, 0.3) is 11.8 Å². The Morgan fingerprint density at radius 1 is 1.15 bits per heavy atom. The minimum atomic E-state index is -4.62. The van der Waals surface area contributed by atoms with E-state index in [9.17, 15) is 35.5 Å². The first-order chi connectivity index (χ1) is 18.1. The van der Waals surface area contributed by atoms with Gasteiger partial charge in [-0.3, -0.25) is 9.69 Å². The van der Waals surface area contributed by atoms with E-state index in [4.69, 9.17) is 5.73 Å². The van der Waals surface area contributed by atoms with Gasteiger partial charge in [-0.2, -0.15) is 17.6 Å². The van der Waals surface area contributed by atoms with Crippen LogP contribution in [0.2, 0.25) is 0 Å². The Morgan fingerprint density at radius 3 is 2.41 bits per heavy atom. The second-order valence-electron chi connectivity index (χ2n) is 9.95. The molecule has 7 nitrogen and oxygen atoms in total. The number of anilines is 2. The summed E-state index contributed by atoms with van der Waals surface area (Å²) in [7, 11) is 0. The maximum absolute atomic E-state index is 15.5. The second kappa shape index (κ2) is 10.4. The van der Waals surface area contributed by atoms with Crippen molar-refractivity contribution in [3.63, 3.8) is 0 Å². The molecule has 3 N–H and O–H groups in total. The minimum absolute atomic E-state index is 0.0393. The van der Waals surface area contributed by atoms with Gasteiger partial charge in [0.2, 0.25) is 11.7 Å². The predicted octanol–water partition coefficient (Wildman–Crippen LogP) is 4.46. The molecule has 0 unspecified atom stereocenters. The topological polar surface area (TPSA) is 87.4 Å². The average molecular weight is 566 g/mol. The van der Waals surface area contributed by atoms with E-state index in [2.05, 4.69) is 15.3 Å². The molecule has 2 saturated heterocycles. The summed E-state index contributed by atoms with van der Waals surface area (Å²) in [6.07, 6.45) is -4.57. The number of nitrogens with one attached hydrogen (secondary N) is 1. The van der Waals surface area contributed by atoms with Crippen LogP contribution in [0.15, 0.2) is 30.6 Å². The summed E-state index contributed by atoms with van der Waals surface area (Å²) in [5.74, 6) is -10.7. The minimum Gasteiger partial charge on any atom is -0.369 e. The van der Waals surface area contributed by atoms with Gasteiger partial charge in [0, 0.05) is 18.4 Å². The lowest BCUT2D eigenvalue weighted by Crippen LogP contribution is -2.54. The molecule has 2 aliphatic rings. The Morgan fingerprint density at radius 2 is 1.82 bits per heavy atom. The summed E-state index contributed by atoms with van der Waals surface area (Å²) >= 11 is 0. The standard InChI is InChI=1S/C24H26F8N6O/c1-13(16-6-7-37(9-18(33)39)11-23(16,28)29)36-20-19(25)21(35-12-34-20)38-10-22(26,27)8-17(38)14-2-4-15(5-3-14)24(30,31)32/h2-5,12-13,16-17H,6-11H2,1H3,(H2,33,39)(H,34,35,36)/t13-,16-,17-/m1/s1. The number of piperidine rings is 1. The highest BCUT2D eigenvalue weighted by Crippen LogP contribution is 2.45. The number of hydrogen-bond acceptors (Lipinski definition) is 6. The number of benzene rings is 1. The molecule has 1 aromatic heterocycles. The Labute approximate surface area is 218 Å². The Kier molecular flexibility index (Phi) is 7.67. The first-order valence-electron chi connectivity index (χ1n) is 12.0. The number of aromatic nitrogens is 2. The molecule has 4 rings (SSSR count). The molecule has 3 atom stereocenters. The highest BCUT2D eigenvalue weighted by Gasteiger charge is 2.49. The van der Waals surface area contributed by atoms with Gasteiger partial charge < -0.3 is 16.0 Å². The molecule has 0 bridgehead atoms. The van der Waals surface area contributed by atoms with Crippen LogP contribution >= 0.6 is 0 Å². The molecule has 1 aromatic carbocycles. The van der Waals surface area contributed by atoms with Crippen molar-refractivity contribution in [3.8, 4) is 0 Å². The van der Waals surface area contributed by atoms with Gasteiger partial charge in [0.05, 0.1) is 31.2 Å². The van der Waals surface area contributed by atoms with Gasteiger partial charge in [-0.1, -0.05) is 12.1 Å². The number of nitrogens with zero attached hydrogens (tertiary/aromatic N) is 4. The number of carbonyl (C=O) groups excluding carboxylic acids is 1. The Hall–Kier alpha value is -3.23. The maximum atomic E-state index is 15.5. The van der Waals surface area contributed by atoms with Crippen molar-refractivity contribution in [2.45, 2.75) is 49.9 Å². The molecule has 0 saturated carbocycles. The van der Waals surface area contributed by atoms with E-state index >= 15 is 4.39 Å². The molecule has 0 spiro atoms. The predicted molar refractivity (Wildman–Crippen MR) is 125 cm³/mol. The van der Waals surface area contributed by atoms with Crippen molar-refractivity contribution in [2.24, 2.45) is 11.7 Å². The van der Waals surface area contributed by atoms with Crippen molar-refractivity contribution in [2.75, 3.05) is 36.4 Å². The van der Waals surface area contributed by atoms with E-state index < -0.39 is 84.5 Å². The molecule has 214 valence electrons. The highest BCUT2D eigenvalue weighted by molar-refractivity contribution is 5.75. The quantitative estimate of drug-likeness (QED) is 0.482. The summed E-state index contributed by atoms with van der Waals surface area (Å²) in [5, 5.41) is 2.60. The third-order valence-corrected chi connectivity index (χ3v) is 7.02. The molecule has 0 aliphatic carbocycles. The van der Waals surface area contributed by atoms with Crippen LogP contribution in [0.25, 0.3) is 0 Å². The van der Waals surface area contributed by atoms with Crippen LogP contribution in [0.5, 0.6) is 0 Å². The van der Waals surface area contributed by atoms with Gasteiger partial charge in [0.1, 0.15) is 6.33 Å². The number of likely N-dealkylation sites (tertiary alicyclic amines) is 1. The largest absolute Gasteiger partial charge is 0.416 e. The number of primary amides is 1. The number of hydrogen-bond donors (Lipinski definition) is 2. The fourth-order valence-corrected chi connectivity index (χ4v) is 5.21. The molecular formula is C24H26F8N6O. The van der Waals surface area contributed by atoms with Crippen molar-refractivity contribution in [1.82, 2.24) is 14.9 Å². The molecule has 15 heteroatoms. The van der Waals surface area contributed by atoms with Crippen molar-refractivity contribution in [1.29, 1.82) is 0 Å². The lowest BCUT2D eigenvalue weighted by atomic mass is 9.86. The Balaban J connectivity index is 1.55. The van der Waals surface area contributed by atoms with Gasteiger partial charge in [-0.05, 0) is 37.6 Å². The van der Waals surface area contributed by atoms with Crippen LogP contribution < -0.4 is 16.0 Å². The number of alkyl halides is 7. The molecule has 0 radical (unpaired) electrons. The number of carbonyl (C=O) groups is 1. The molecule has 2 aliphatic heterocycles. The number of rotatable bonds is 7. The van der Waals surface area contributed by atoms with Crippen LogP contribution in [-0.2, 0) is 11.0 Å². The van der Waals surface area contributed by atoms with Gasteiger partial charge >= 0.3 is 6.18 Å². The third kappa shape index (κ3) is 6.34. The van der Waals surface area contributed by atoms with E-state index in [1.54, 1.807) is 0 Å². The second-order valence-corrected chi connectivity index (χ2v) is 9.95. The summed E-state index contributed by atoms with van der Waals surface area (Å²) < 4.78 is 113. The zero-order chi connectivity index (χ0) is 28.8. The van der Waals surface area contributed by atoms with Crippen molar-refractivity contribution < 1.29 is 39.9 Å². The number of nitrogens with two attached hydrogens (primary N) is 1. The lowest BCUT2D eigenvalue weighted by Gasteiger charge is -2.40. The van der Waals surface area contributed by atoms with E-state index in [0.717, 1.165) is 35.5 Å². The van der Waals surface area contributed by atoms with Crippen molar-refractivity contribution >= 4 is 17.5 Å². The van der Waals surface area contributed by atoms with E-state index in [0.29, 0.717) is 0 Å². The normalized spacial score (nSPS) is 24.0. The molecule has 1 amide bonds. The summed E-state index contributed by atoms with van der Waals surface area (Å²) in [6.45, 7) is -0.447. The van der Waals surface area contributed by atoms with Gasteiger partial charge in [-0.15, -0.1) is 0 Å². The summed E-state index contributed by atoms with van der Waals surface area (Å²) in [4.78, 5) is 20.8. The van der Waals surface area contributed by atoms with Crippen molar-refractivity contribution in [3.05, 3.63) is 47.5 Å². The van der Waals surface area contributed by atoms with E-state index in [1.807, 2.05) is 0 Å². The van der Waals surface area contributed by atoms with Crippen LogP contribution in [0.4, 0.5) is 46.8 Å². The molecule has 2 fully saturated rings. The van der Waals surface area contributed by atoms with Gasteiger partial charge in [-0.25, -0.2) is 27.5 Å². The van der Waals surface area contributed by atoms with Crippen LogP contribution in [0, 0.1) is 11.7 Å². The monoisotopic (exact) mass is 566 g/mol. The zero-order valence-electron chi connectivity index (χ0n) is 20.7. The molecule has 3 heterocycles. The average Bonchev–Trinajstić information content (AvgIpc) is 3.14. The number of halogens is 8. The summed E-state index contributed by atoms with van der Waals surface area (Å²) in [5.41, 5.74) is 4.22. The smallest absolute Gasteiger partial charge is 0.369 e. The van der Waals surface area contributed by atoms with Crippen LogP contribution in [0.3, 0.4) is 0 Å². The Bertz CT molecular complexity index is 1190. The van der Waals surface area contributed by atoms with Gasteiger partial charge in [0.15, 0.2) is 11.6 Å². The molecule has 2 aromatic rings. The summed E-state index contributed by atoms with van der Waals surface area (Å²) in [6, 6.07) is 1.40. The first kappa shape index (κ1) is 28.8. The number of amides is 1. The fraction of sp³-hybridized carbons (Fsp3) is 0.542. The van der Waals surface area contributed by atoms with Crippen LogP contribution in [-0.4, -0.2) is 64.8 Å². The zero-order valence-corrected chi connectivity index (χ0v) is 20.7. The third-order valence-electron chi connectivity index (χ3n) is 7.02. The van der Waals surface area contributed by atoms with E-state index in [-0.39, 0.29) is 25.1 Å². The SMILES string of the molecule is C[C@@H](Nc1ncnc(N2CC(F)(F)C[C@@H]2c2ccc(C(F)(F)F)cc2)c1F)[C@H]1CCN(CC(N)=O)CC1(F)F. The first-order valence-corrected chi connectivity index (χ1v) is 12.0. The van der Waals surface area contributed by atoms with Crippen LogP contribution in [0.1, 0.15) is 36.9 Å². The maximum Gasteiger partial charge on any atom is 0.416 e. The lowest BCUT2D eigenvalue weighted by molar-refractivity contribution is -0.137. The molecular weight excluding hydrogens is 540 g/mol. The van der Waals surface area contributed by atoms with E-state index in [1.165, 1.54) is 11.8 Å².